The van der Waals surface area contributed by atoms with Crippen LogP contribution in [0.2, 0.25) is 0 Å². The third-order valence-electron chi connectivity index (χ3n) is 13.8. The monoisotopic (exact) mass is 1130 g/mol. The van der Waals surface area contributed by atoms with Crippen LogP contribution in [0, 0.1) is 0 Å². The lowest BCUT2D eigenvalue weighted by atomic mass is 9.98. The van der Waals surface area contributed by atoms with Crippen LogP contribution in [0.3, 0.4) is 0 Å². The van der Waals surface area contributed by atoms with Crippen molar-refractivity contribution in [1.82, 2.24) is 0 Å². The van der Waals surface area contributed by atoms with E-state index >= 15 is 0 Å². The molecule has 0 saturated carbocycles. The second-order valence-corrected chi connectivity index (χ2v) is 21.3. The van der Waals surface area contributed by atoms with E-state index in [4.69, 9.17) is 23.7 Å². The number of carboxylic acids is 1. The first-order chi connectivity index (χ1) is 39.6. The molecule has 1 heterocycles. The fraction of sp³-hybridized carbons (Fsp3) is 0.681. The normalized spacial score (nSPS) is 18.5. The summed E-state index contributed by atoms with van der Waals surface area (Å²) in [6.07, 6.45) is 63.2. The molecule has 3 N–H and O–H groups in total. The van der Waals surface area contributed by atoms with E-state index in [0.29, 0.717) is 19.3 Å². The molecule has 0 bridgehead atoms. The average Bonchev–Trinajstić information content (AvgIpc) is 3.53. The standard InChI is InChI=1S/C69H112O12/c1-4-7-10-13-16-19-22-25-28-30-31-33-35-37-40-43-46-49-52-55-61(70)77-58-60(79-62(71)56-53-50-47-44-41-38-34-27-24-21-18-15-12-9-6-3)59-78-69-67(65(74)64(73)66(81-69)68(75)76)80-63(72)57-54-51-48-45-42-39-36-32-29-26-23-20-17-14-11-8-5-2/h8,11,16-21,25-29,31,33-34,36,39,60,64-67,69,73-74H,4-7,9-10,12-15,22-24,30,32,35,37-38,40-59H2,1-3H3,(H,75,76)/b11-8-,19-16-,20-17-,21-18-,28-25-,29-26-,33-31-,34-27-,39-36-. The average molecular weight is 1130 g/mol. The summed E-state index contributed by atoms with van der Waals surface area (Å²) in [5.74, 6) is -3.19. The van der Waals surface area contributed by atoms with Gasteiger partial charge in [-0.2, -0.15) is 0 Å². The first-order valence-electron chi connectivity index (χ1n) is 31.9. The van der Waals surface area contributed by atoms with Crippen molar-refractivity contribution in [3.05, 3.63) is 109 Å². The lowest BCUT2D eigenvalue weighted by Crippen LogP contribution is -2.61. The number of allylic oxidation sites excluding steroid dienone is 18. The maximum atomic E-state index is 13.2. The molecule has 12 heteroatoms. The van der Waals surface area contributed by atoms with Crippen molar-refractivity contribution >= 4 is 23.9 Å². The van der Waals surface area contributed by atoms with E-state index in [1.165, 1.54) is 44.9 Å². The first kappa shape index (κ1) is 74.4. The van der Waals surface area contributed by atoms with Crippen LogP contribution in [0.25, 0.3) is 0 Å². The highest BCUT2D eigenvalue weighted by Gasteiger charge is 2.50. The molecule has 6 atom stereocenters. The van der Waals surface area contributed by atoms with Gasteiger partial charge >= 0.3 is 23.9 Å². The third kappa shape index (κ3) is 45.6. The smallest absolute Gasteiger partial charge is 0.335 e. The van der Waals surface area contributed by atoms with E-state index in [0.717, 1.165) is 148 Å². The summed E-state index contributed by atoms with van der Waals surface area (Å²) in [6.45, 7) is 5.80. The van der Waals surface area contributed by atoms with Gasteiger partial charge in [-0.3, -0.25) is 14.4 Å². The Labute approximate surface area is 491 Å². The molecule has 1 rings (SSSR count). The number of ether oxygens (including phenoxy) is 5. The van der Waals surface area contributed by atoms with E-state index in [-0.39, 0.29) is 25.9 Å². The number of hydrogen-bond donors (Lipinski definition) is 3. The topological polar surface area (TPSA) is 175 Å². The number of hydrogen-bond acceptors (Lipinski definition) is 11. The van der Waals surface area contributed by atoms with Crippen LogP contribution in [-0.4, -0.2) is 89.2 Å². The quantitative estimate of drug-likeness (QED) is 0.0228. The number of carbonyl (C=O) groups is 4. The Bertz CT molecular complexity index is 1820. The predicted molar refractivity (Wildman–Crippen MR) is 330 cm³/mol. The maximum absolute atomic E-state index is 13.2. The number of carboxylic acid groups (broad SMARTS) is 1. The molecule has 12 nitrogen and oxygen atoms in total. The molecule has 0 radical (unpaired) electrons. The van der Waals surface area contributed by atoms with E-state index in [1.54, 1.807) is 0 Å². The van der Waals surface area contributed by atoms with Crippen molar-refractivity contribution in [2.45, 2.75) is 289 Å². The maximum Gasteiger partial charge on any atom is 0.335 e. The molecule has 1 aliphatic rings. The summed E-state index contributed by atoms with van der Waals surface area (Å²) in [6, 6.07) is 0. The van der Waals surface area contributed by atoms with Gasteiger partial charge in [0.2, 0.25) is 0 Å². The Morgan fingerprint density at radius 2 is 0.778 bits per heavy atom. The first-order valence-corrected chi connectivity index (χ1v) is 31.9. The highest BCUT2D eigenvalue weighted by molar-refractivity contribution is 5.74. The van der Waals surface area contributed by atoms with Crippen LogP contribution in [-0.2, 0) is 42.9 Å². The van der Waals surface area contributed by atoms with E-state index in [2.05, 4.69) is 130 Å². The van der Waals surface area contributed by atoms with Crippen molar-refractivity contribution < 1.29 is 58.2 Å². The summed E-state index contributed by atoms with van der Waals surface area (Å²) in [4.78, 5) is 51.3. The van der Waals surface area contributed by atoms with Gasteiger partial charge in [0, 0.05) is 19.3 Å². The number of aliphatic hydroxyl groups is 2. The molecule has 81 heavy (non-hydrogen) atoms. The highest BCUT2D eigenvalue weighted by Crippen LogP contribution is 2.26. The Hall–Kier alpha value is -4.62. The number of esters is 3. The largest absolute Gasteiger partial charge is 0.479 e. The van der Waals surface area contributed by atoms with Gasteiger partial charge in [-0.05, 0) is 128 Å². The second kappa shape index (κ2) is 55.9. The van der Waals surface area contributed by atoms with Gasteiger partial charge in [0.1, 0.15) is 18.8 Å². The molecular weight excluding hydrogens is 1020 g/mol. The molecule has 0 spiro atoms. The SMILES string of the molecule is CC/C=C\C/C=C\C/C=C\C/C=C\CCCCCCC(=O)OC1C(OCC(COC(=O)CCCCCCCC/C=C\C/C=C\C/C=C\CCCCC)OC(=O)CCCCCCC/C=C\C/C=C\CCCCC)OC(C(=O)O)C(O)C1O. The number of unbranched alkanes of at least 4 members (excludes halogenated alkanes) is 21. The summed E-state index contributed by atoms with van der Waals surface area (Å²) in [5.41, 5.74) is 0. The van der Waals surface area contributed by atoms with Gasteiger partial charge in [-0.25, -0.2) is 4.79 Å². The van der Waals surface area contributed by atoms with Crippen molar-refractivity contribution in [2.75, 3.05) is 13.2 Å². The predicted octanol–water partition coefficient (Wildman–Crippen LogP) is 17.0. The van der Waals surface area contributed by atoms with Crippen molar-refractivity contribution in [3.8, 4) is 0 Å². The van der Waals surface area contributed by atoms with Gasteiger partial charge in [0.25, 0.3) is 0 Å². The molecule has 0 aromatic rings. The van der Waals surface area contributed by atoms with Crippen LogP contribution >= 0.6 is 0 Å². The second-order valence-electron chi connectivity index (χ2n) is 21.3. The highest BCUT2D eigenvalue weighted by atomic mass is 16.7. The van der Waals surface area contributed by atoms with Crippen LogP contribution in [0.5, 0.6) is 0 Å². The van der Waals surface area contributed by atoms with E-state index in [9.17, 15) is 34.5 Å². The minimum atomic E-state index is -1.92. The Balaban J connectivity index is 2.70. The zero-order valence-corrected chi connectivity index (χ0v) is 50.7. The molecule has 460 valence electrons. The lowest BCUT2D eigenvalue weighted by molar-refractivity contribution is -0.301. The minimum absolute atomic E-state index is 0.0244. The third-order valence-corrected chi connectivity index (χ3v) is 13.8. The number of aliphatic carboxylic acids is 1. The molecule has 6 unspecified atom stereocenters. The fourth-order valence-corrected chi connectivity index (χ4v) is 8.92. The molecule has 1 fully saturated rings. The zero-order chi connectivity index (χ0) is 58.9. The Morgan fingerprint density at radius 1 is 0.420 bits per heavy atom. The number of aliphatic hydroxyl groups excluding tert-OH is 2. The van der Waals surface area contributed by atoms with Crippen molar-refractivity contribution in [2.24, 2.45) is 0 Å². The molecule has 1 saturated heterocycles. The Morgan fingerprint density at radius 3 is 1.19 bits per heavy atom. The van der Waals surface area contributed by atoms with E-state index < -0.39 is 67.3 Å². The van der Waals surface area contributed by atoms with Crippen LogP contribution in [0.15, 0.2) is 109 Å². The Kier molecular flexibility index (Phi) is 51.3. The van der Waals surface area contributed by atoms with Gasteiger partial charge in [-0.1, -0.05) is 214 Å². The zero-order valence-electron chi connectivity index (χ0n) is 50.7. The van der Waals surface area contributed by atoms with Crippen LogP contribution < -0.4 is 0 Å². The van der Waals surface area contributed by atoms with Gasteiger partial charge in [-0.15, -0.1) is 0 Å². The molecule has 1 aliphatic heterocycles. The van der Waals surface area contributed by atoms with Crippen LogP contribution in [0.4, 0.5) is 0 Å². The van der Waals surface area contributed by atoms with Crippen molar-refractivity contribution in [1.29, 1.82) is 0 Å². The van der Waals surface area contributed by atoms with E-state index in [1.807, 2.05) is 0 Å². The van der Waals surface area contributed by atoms with Gasteiger partial charge in [0.05, 0.1) is 6.61 Å². The van der Waals surface area contributed by atoms with Crippen molar-refractivity contribution in [3.63, 3.8) is 0 Å². The number of carbonyl (C=O) groups excluding carboxylic acids is 3. The summed E-state index contributed by atoms with van der Waals surface area (Å²) < 4.78 is 28.5. The van der Waals surface area contributed by atoms with Gasteiger partial charge < -0.3 is 39.0 Å². The molecule has 0 aromatic heterocycles. The number of rotatable bonds is 53. The summed E-state index contributed by atoms with van der Waals surface area (Å²) >= 11 is 0. The molecule has 0 aliphatic carbocycles. The minimum Gasteiger partial charge on any atom is -0.479 e. The van der Waals surface area contributed by atoms with Gasteiger partial charge in [0.15, 0.2) is 24.6 Å². The van der Waals surface area contributed by atoms with Crippen LogP contribution in [0.1, 0.15) is 252 Å². The lowest BCUT2D eigenvalue weighted by Gasteiger charge is -2.40. The summed E-state index contributed by atoms with van der Waals surface area (Å²) in [5, 5.41) is 31.6. The molecule has 0 aromatic carbocycles. The molecule has 0 amide bonds. The fourth-order valence-electron chi connectivity index (χ4n) is 8.92. The molecular formula is C69H112O12. The summed E-state index contributed by atoms with van der Waals surface area (Å²) in [7, 11) is 0.